The van der Waals surface area contributed by atoms with E-state index in [1.165, 1.54) is 29.8 Å². The van der Waals surface area contributed by atoms with Crippen molar-refractivity contribution in [3.05, 3.63) is 113 Å². The minimum Gasteiger partial charge on any atom is -0.343 e. The zero-order valence-electron chi connectivity index (χ0n) is 18.3. The molecule has 1 aliphatic rings. The van der Waals surface area contributed by atoms with Crippen molar-refractivity contribution in [2.45, 2.75) is 18.6 Å². The van der Waals surface area contributed by atoms with Crippen LogP contribution in [-0.2, 0) is 22.3 Å². The Morgan fingerprint density at radius 2 is 1.62 bits per heavy atom. The Morgan fingerprint density at radius 3 is 2.32 bits per heavy atom. The smallest absolute Gasteiger partial charge is 0.343 e. The fraction of sp³-hybridized carbons (Fsp3) is 0.185. The van der Waals surface area contributed by atoms with E-state index in [1.54, 1.807) is 4.90 Å². The maximum Gasteiger partial charge on any atom is 0.416 e. The maximum atomic E-state index is 12.9. The highest BCUT2D eigenvalue weighted by Crippen LogP contribution is 2.33. The molecule has 2 amide bonds. The zero-order valence-corrected chi connectivity index (χ0v) is 18.3. The average Bonchev–Trinajstić information content (AvgIpc) is 2.85. The summed E-state index contributed by atoms with van der Waals surface area (Å²) in [6.45, 7) is 0.812. The number of rotatable bonds is 5. The third kappa shape index (κ3) is 5.54. The molecule has 34 heavy (non-hydrogen) atoms. The van der Waals surface area contributed by atoms with Gasteiger partial charge in [0, 0.05) is 25.1 Å². The van der Waals surface area contributed by atoms with Crippen LogP contribution in [0.1, 0.15) is 33.7 Å². The molecule has 0 spiro atoms. The number of halogens is 3. The maximum absolute atomic E-state index is 12.9. The summed E-state index contributed by atoms with van der Waals surface area (Å²) in [4.78, 5) is 26.8. The number of alkyl halides is 3. The molecule has 0 aliphatic carbocycles. The predicted molar refractivity (Wildman–Crippen MR) is 124 cm³/mol. The molecule has 0 aromatic heterocycles. The first kappa shape index (κ1) is 23.3. The Labute approximate surface area is 195 Å². The van der Waals surface area contributed by atoms with Gasteiger partial charge in [-0.1, -0.05) is 66.7 Å². The van der Waals surface area contributed by atoms with Gasteiger partial charge in [0.05, 0.1) is 12.1 Å². The largest absolute Gasteiger partial charge is 0.416 e. The van der Waals surface area contributed by atoms with Crippen molar-refractivity contribution < 1.29 is 22.8 Å². The quantitative estimate of drug-likeness (QED) is 0.540. The van der Waals surface area contributed by atoms with Gasteiger partial charge in [-0.2, -0.15) is 13.2 Å². The van der Waals surface area contributed by atoms with Gasteiger partial charge in [-0.05, 0) is 40.5 Å². The van der Waals surface area contributed by atoms with Gasteiger partial charge < -0.3 is 10.2 Å². The molecule has 0 saturated heterocycles. The average molecular weight is 464 g/mol. The topological polar surface area (TPSA) is 49.4 Å². The molecule has 0 saturated carbocycles. The Balaban J connectivity index is 1.37. The van der Waals surface area contributed by atoms with E-state index in [4.69, 9.17) is 0 Å². The molecule has 1 heterocycles. The lowest BCUT2D eigenvalue weighted by molar-refractivity contribution is -0.137. The number of amides is 2. The van der Waals surface area contributed by atoms with Gasteiger partial charge in [-0.25, -0.2) is 0 Å². The molecule has 3 aromatic carbocycles. The highest BCUT2D eigenvalue weighted by molar-refractivity contribution is 5.94. The van der Waals surface area contributed by atoms with Crippen molar-refractivity contribution in [1.29, 1.82) is 0 Å². The number of hydrogen-bond acceptors (Lipinski definition) is 2. The minimum absolute atomic E-state index is 0.0466. The molecule has 4 rings (SSSR count). The van der Waals surface area contributed by atoms with Gasteiger partial charge in [-0.15, -0.1) is 0 Å². The first-order valence-electron chi connectivity index (χ1n) is 10.8. The van der Waals surface area contributed by atoms with Gasteiger partial charge in [-0.3, -0.25) is 9.59 Å². The fourth-order valence-corrected chi connectivity index (χ4v) is 4.06. The van der Waals surface area contributed by atoms with Crippen LogP contribution in [-0.4, -0.2) is 29.8 Å². The molecule has 1 unspecified atom stereocenters. The van der Waals surface area contributed by atoms with E-state index in [9.17, 15) is 22.8 Å². The highest BCUT2D eigenvalue weighted by atomic mass is 19.4. The Hall–Kier alpha value is -3.87. The number of carbonyl (C=O) groups is 2. The molecule has 1 aliphatic heterocycles. The van der Waals surface area contributed by atoms with E-state index in [0.29, 0.717) is 18.7 Å². The van der Waals surface area contributed by atoms with Crippen molar-refractivity contribution in [3.63, 3.8) is 0 Å². The van der Waals surface area contributed by atoms with Crippen LogP contribution in [0.4, 0.5) is 13.2 Å². The second-order valence-electron chi connectivity index (χ2n) is 8.11. The summed E-state index contributed by atoms with van der Waals surface area (Å²) < 4.78 is 37.9. The van der Waals surface area contributed by atoms with E-state index in [2.05, 4.69) is 11.4 Å². The molecule has 0 fully saturated rings. The first-order chi connectivity index (χ1) is 16.3. The van der Waals surface area contributed by atoms with E-state index in [1.807, 2.05) is 48.5 Å². The molecule has 1 atom stereocenters. The summed E-state index contributed by atoms with van der Waals surface area (Å²) in [5.74, 6) is -0.651. The van der Waals surface area contributed by atoms with Crippen LogP contribution in [0.3, 0.4) is 0 Å². The van der Waals surface area contributed by atoms with E-state index >= 15 is 0 Å². The van der Waals surface area contributed by atoms with Gasteiger partial charge in [0.1, 0.15) is 0 Å². The SMILES string of the molecule is O=C(/C=C/c1ccc(C(F)(F)F)cc1)NCC(=O)N1Cc2ccccc2C(c2ccccc2)C1. The fourth-order valence-electron chi connectivity index (χ4n) is 4.06. The normalized spacial score (nSPS) is 15.7. The van der Waals surface area contributed by atoms with Gasteiger partial charge >= 0.3 is 6.18 Å². The molecule has 0 bridgehead atoms. The number of fused-ring (bicyclic) bond motifs is 1. The van der Waals surface area contributed by atoms with E-state index in [-0.39, 0.29) is 18.4 Å². The van der Waals surface area contributed by atoms with Crippen molar-refractivity contribution in [1.82, 2.24) is 10.2 Å². The van der Waals surface area contributed by atoms with Crippen LogP contribution in [0.5, 0.6) is 0 Å². The lowest BCUT2D eigenvalue weighted by atomic mass is 9.84. The van der Waals surface area contributed by atoms with Crippen molar-refractivity contribution in [3.8, 4) is 0 Å². The molecular weight excluding hydrogens is 441 g/mol. The van der Waals surface area contributed by atoms with Gasteiger partial charge in [0.25, 0.3) is 0 Å². The standard InChI is InChI=1S/C27H23F3N2O2/c28-27(29,30)22-13-10-19(11-14-22)12-15-25(33)31-16-26(34)32-17-21-8-4-5-9-23(21)24(18-32)20-6-2-1-3-7-20/h1-15,24H,16-18H2,(H,31,33)/b15-12+. The van der Waals surface area contributed by atoms with Crippen LogP contribution in [0.25, 0.3) is 6.08 Å². The second-order valence-corrected chi connectivity index (χ2v) is 8.11. The van der Waals surface area contributed by atoms with Crippen molar-refractivity contribution >= 4 is 17.9 Å². The molecular formula is C27H23F3N2O2. The molecule has 3 aromatic rings. The summed E-state index contributed by atoms with van der Waals surface area (Å²) >= 11 is 0. The zero-order chi connectivity index (χ0) is 24.1. The summed E-state index contributed by atoms with van der Waals surface area (Å²) in [5, 5.41) is 2.57. The molecule has 0 radical (unpaired) electrons. The lowest BCUT2D eigenvalue weighted by Crippen LogP contribution is -2.43. The number of benzene rings is 3. The van der Waals surface area contributed by atoms with Crippen LogP contribution < -0.4 is 5.32 Å². The van der Waals surface area contributed by atoms with E-state index in [0.717, 1.165) is 23.3 Å². The minimum atomic E-state index is -4.41. The number of nitrogens with zero attached hydrogens (tertiary/aromatic N) is 1. The van der Waals surface area contributed by atoms with Crippen molar-refractivity contribution in [2.75, 3.05) is 13.1 Å². The molecule has 1 N–H and O–H groups in total. The first-order valence-corrected chi connectivity index (χ1v) is 10.8. The van der Waals surface area contributed by atoms with Crippen LogP contribution in [0.2, 0.25) is 0 Å². The summed E-state index contributed by atoms with van der Waals surface area (Å²) in [7, 11) is 0. The summed E-state index contributed by atoms with van der Waals surface area (Å²) in [6, 6.07) is 22.5. The molecule has 4 nitrogen and oxygen atoms in total. The lowest BCUT2D eigenvalue weighted by Gasteiger charge is -2.35. The van der Waals surface area contributed by atoms with E-state index < -0.39 is 17.6 Å². The Bertz CT molecular complexity index is 1190. The third-order valence-electron chi connectivity index (χ3n) is 5.83. The summed E-state index contributed by atoms with van der Waals surface area (Å²) in [6.07, 6.45) is -1.80. The Kier molecular flexibility index (Phi) is 6.82. The highest BCUT2D eigenvalue weighted by Gasteiger charge is 2.30. The number of hydrogen-bond donors (Lipinski definition) is 1. The number of nitrogens with one attached hydrogen (secondary N) is 1. The molecule has 174 valence electrons. The van der Waals surface area contributed by atoms with Crippen LogP contribution in [0.15, 0.2) is 84.9 Å². The number of carbonyl (C=O) groups excluding carboxylic acids is 2. The molecule has 7 heteroatoms. The van der Waals surface area contributed by atoms with Crippen molar-refractivity contribution in [2.24, 2.45) is 0 Å². The third-order valence-corrected chi connectivity index (χ3v) is 5.83. The van der Waals surface area contributed by atoms with Crippen LogP contribution >= 0.6 is 0 Å². The van der Waals surface area contributed by atoms with Gasteiger partial charge in [0.2, 0.25) is 11.8 Å². The summed E-state index contributed by atoms with van der Waals surface area (Å²) in [5.41, 5.74) is 3.09. The second kappa shape index (κ2) is 9.95. The van der Waals surface area contributed by atoms with Gasteiger partial charge in [0.15, 0.2) is 0 Å². The predicted octanol–water partition coefficient (Wildman–Crippen LogP) is 5.01. The Morgan fingerprint density at radius 1 is 0.941 bits per heavy atom. The van der Waals surface area contributed by atoms with Crippen LogP contribution in [0, 0.1) is 0 Å². The monoisotopic (exact) mass is 464 g/mol.